The van der Waals surface area contributed by atoms with E-state index in [1.54, 1.807) is 0 Å². The van der Waals surface area contributed by atoms with Crippen LogP contribution in [0.1, 0.15) is 24.3 Å². The van der Waals surface area contributed by atoms with Gasteiger partial charge in [0.25, 0.3) is 5.92 Å². The first-order valence-corrected chi connectivity index (χ1v) is 5.53. The molecular formula is C14H12F2. The number of fused-ring (bicyclic) bond motifs is 1. The Kier molecular flexibility index (Phi) is 2.00. The molecule has 2 heteroatoms. The lowest BCUT2D eigenvalue weighted by Crippen LogP contribution is -2.36. The van der Waals surface area contributed by atoms with Crippen molar-refractivity contribution in [3.05, 3.63) is 48.0 Å². The third kappa shape index (κ3) is 1.41. The number of rotatable bonds is 1. The van der Waals surface area contributed by atoms with Crippen LogP contribution in [0, 0.1) is 0 Å². The van der Waals surface area contributed by atoms with Gasteiger partial charge in [0.15, 0.2) is 0 Å². The molecule has 16 heavy (non-hydrogen) atoms. The fourth-order valence-corrected chi connectivity index (χ4v) is 2.34. The SMILES string of the molecule is FC1(F)CCC1c1ccc2ccccc2c1. The lowest BCUT2D eigenvalue weighted by Gasteiger charge is -2.36. The van der Waals surface area contributed by atoms with Crippen LogP contribution in [0.25, 0.3) is 10.8 Å². The average molecular weight is 218 g/mol. The van der Waals surface area contributed by atoms with Crippen LogP contribution < -0.4 is 0 Å². The summed E-state index contributed by atoms with van der Waals surface area (Å²) < 4.78 is 26.6. The third-order valence-electron chi connectivity index (χ3n) is 3.45. The summed E-state index contributed by atoms with van der Waals surface area (Å²) in [4.78, 5) is 0. The van der Waals surface area contributed by atoms with Crippen molar-refractivity contribution in [2.75, 3.05) is 0 Å². The highest BCUT2D eigenvalue weighted by Gasteiger charge is 2.48. The standard InChI is InChI=1S/C14H12F2/c15-14(16)8-7-13(14)12-6-5-10-3-1-2-4-11(10)9-12/h1-6,9,13H,7-8H2. The number of benzene rings is 2. The summed E-state index contributed by atoms with van der Waals surface area (Å²) in [6.07, 6.45) is 0.635. The number of hydrogen-bond donors (Lipinski definition) is 0. The molecular weight excluding hydrogens is 206 g/mol. The van der Waals surface area contributed by atoms with Gasteiger partial charge >= 0.3 is 0 Å². The molecule has 1 saturated carbocycles. The predicted molar refractivity (Wildman–Crippen MR) is 60.9 cm³/mol. The summed E-state index contributed by atoms with van der Waals surface area (Å²) in [6.45, 7) is 0. The zero-order valence-corrected chi connectivity index (χ0v) is 8.79. The molecule has 0 nitrogen and oxygen atoms in total. The molecule has 2 aromatic carbocycles. The van der Waals surface area contributed by atoms with E-state index in [1.807, 2.05) is 42.5 Å². The maximum atomic E-state index is 13.3. The maximum Gasteiger partial charge on any atom is 0.254 e. The van der Waals surface area contributed by atoms with Crippen molar-refractivity contribution in [3.8, 4) is 0 Å². The molecule has 1 unspecified atom stereocenters. The van der Waals surface area contributed by atoms with Gasteiger partial charge in [-0.3, -0.25) is 0 Å². The van der Waals surface area contributed by atoms with Crippen LogP contribution in [0.5, 0.6) is 0 Å². The molecule has 0 amide bonds. The van der Waals surface area contributed by atoms with Gasteiger partial charge < -0.3 is 0 Å². The summed E-state index contributed by atoms with van der Waals surface area (Å²) in [5.41, 5.74) is 0.773. The Morgan fingerprint density at radius 2 is 1.75 bits per heavy atom. The zero-order chi connectivity index (χ0) is 11.2. The van der Waals surface area contributed by atoms with Gasteiger partial charge in [0.05, 0.1) is 0 Å². The van der Waals surface area contributed by atoms with E-state index < -0.39 is 11.8 Å². The summed E-state index contributed by atoms with van der Waals surface area (Å²) in [5.74, 6) is -3.07. The van der Waals surface area contributed by atoms with Crippen molar-refractivity contribution in [2.24, 2.45) is 0 Å². The van der Waals surface area contributed by atoms with Crippen LogP contribution in [-0.2, 0) is 0 Å². The van der Waals surface area contributed by atoms with Gasteiger partial charge in [-0.05, 0) is 22.8 Å². The van der Waals surface area contributed by atoms with Crippen molar-refractivity contribution in [3.63, 3.8) is 0 Å². The van der Waals surface area contributed by atoms with Crippen LogP contribution in [-0.4, -0.2) is 5.92 Å². The van der Waals surface area contributed by atoms with Crippen LogP contribution in [0.4, 0.5) is 8.78 Å². The van der Waals surface area contributed by atoms with E-state index >= 15 is 0 Å². The minimum absolute atomic E-state index is 0.0322. The Bertz CT molecular complexity index is 531. The van der Waals surface area contributed by atoms with E-state index in [0.717, 1.165) is 16.3 Å². The molecule has 0 N–H and O–H groups in total. The molecule has 0 bridgehead atoms. The Morgan fingerprint density at radius 3 is 2.38 bits per heavy atom. The first kappa shape index (κ1) is 9.76. The largest absolute Gasteiger partial charge is 0.254 e. The highest BCUT2D eigenvalue weighted by Crippen LogP contribution is 2.50. The van der Waals surface area contributed by atoms with Gasteiger partial charge in [-0.1, -0.05) is 42.5 Å². The van der Waals surface area contributed by atoms with Crippen LogP contribution in [0.3, 0.4) is 0 Å². The van der Waals surface area contributed by atoms with E-state index in [0.29, 0.717) is 6.42 Å². The highest BCUT2D eigenvalue weighted by molar-refractivity contribution is 5.83. The Balaban J connectivity index is 2.06. The van der Waals surface area contributed by atoms with E-state index in [1.165, 1.54) is 0 Å². The second-order valence-corrected chi connectivity index (χ2v) is 4.46. The van der Waals surface area contributed by atoms with Gasteiger partial charge in [0.1, 0.15) is 0 Å². The second kappa shape index (κ2) is 3.27. The minimum Gasteiger partial charge on any atom is -0.206 e. The van der Waals surface area contributed by atoms with Crippen molar-refractivity contribution in [1.29, 1.82) is 0 Å². The van der Waals surface area contributed by atoms with Crippen LogP contribution in [0.2, 0.25) is 0 Å². The molecule has 3 rings (SSSR count). The second-order valence-electron chi connectivity index (χ2n) is 4.46. The minimum atomic E-state index is -2.50. The smallest absolute Gasteiger partial charge is 0.206 e. The fraction of sp³-hybridized carbons (Fsp3) is 0.286. The van der Waals surface area contributed by atoms with Gasteiger partial charge in [-0.2, -0.15) is 0 Å². The molecule has 1 atom stereocenters. The molecule has 0 saturated heterocycles. The quantitative estimate of drug-likeness (QED) is 0.667. The monoisotopic (exact) mass is 218 g/mol. The number of hydrogen-bond acceptors (Lipinski definition) is 0. The molecule has 0 aromatic heterocycles. The molecule has 0 aliphatic heterocycles. The number of halogens is 2. The molecule has 0 radical (unpaired) electrons. The van der Waals surface area contributed by atoms with E-state index in [4.69, 9.17) is 0 Å². The summed E-state index contributed by atoms with van der Waals surface area (Å²) in [6, 6.07) is 13.5. The average Bonchev–Trinajstić information content (AvgIpc) is 2.28. The first-order valence-electron chi connectivity index (χ1n) is 5.53. The van der Waals surface area contributed by atoms with Crippen LogP contribution in [0.15, 0.2) is 42.5 Å². The third-order valence-corrected chi connectivity index (χ3v) is 3.45. The topological polar surface area (TPSA) is 0 Å². The first-order chi connectivity index (χ1) is 7.67. The fourth-order valence-electron chi connectivity index (χ4n) is 2.34. The van der Waals surface area contributed by atoms with Gasteiger partial charge in [0.2, 0.25) is 0 Å². The van der Waals surface area contributed by atoms with E-state index in [2.05, 4.69) is 0 Å². The molecule has 0 heterocycles. The molecule has 1 aliphatic carbocycles. The molecule has 2 aromatic rings. The summed E-state index contributed by atoms with van der Waals surface area (Å²) >= 11 is 0. The Labute approximate surface area is 92.9 Å². The normalized spacial score (nSPS) is 23.0. The highest BCUT2D eigenvalue weighted by atomic mass is 19.3. The summed E-state index contributed by atoms with van der Waals surface area (Å²) in [5, 5.41) is 2.15. The number of alkyl halides is 2. The van der Waals surface area contributed by atoms with E-state index in [9.17, 15) is 8.78 Å². The van der Waals surface area contributed by atoms with E-state index in [-0.39, 0.29) is 6.42 Å². The van der Waals surface area contributed by atoms with Crippen molar-refractivity contribution in [1.82, 2.24) is 0 Å². The predicted octanol–water partition coefficient (Wildman–Crippen LogP) is 4.35. The zero-order valence-electron chi connectivity index (χ0n) is 8.79. The van der Waals surface area contributed by atoms with Crippen molar-refractivity contribution >= 4 is 10.8 Å². The Hall–Kier alpha value is -1.44. The van der Waals surface area contributed by atoms with Crippen molar-refractivity contribution < 1.29 is 8.78 Å². The lowest BCUT2D eigenvalue weighted by molar-refractivity contribution is -0.0962. The molecule has 82 valence electrons. The summed E-state index contributed by atoms with van der Waals surface area (Å²) in [7, 11) is 0. The Morgan fingerprint density at radius 1 is 1.00 bits per heavy atom. The molecule has 1 fully saturated rings. The molecule has 0 spiro atoms. The maximum absolute atomic E-state index is 13.3. The van der Waals surface area contributed by atoms with Gasteiger partial charge in [-0.15, -0.1) is 0 Å². The van der Waals surface area contributed by atoms with Crippen molar-refractivity contribution in [2.45, 2.75) is 24.7 Å². The lowest BCUT2D eigenvalue weighted by atomic mass is 9.76. The van der Waals surface area contributed by atoms with Gasteiger partial charge in [-0.25, -0.2) is 8.78 Å². The van der Waals surface area contributed by atoms with Gasteiger partial charge in [0, 0.05) is 12.3 Å². The molecule has 1 aliphatic rings. The van der Waals surface area contributed by atoms with Crippen LogP contribution >= 0.6 is 0 Å².